The quantitative estimate of drug-likeness (QED) is 0.624. The molecule has 6 nitrogen and oxygen atoms in total. The number of hydrogen-bond acceptors (Lipinski definition) is 5. The monoisotopic (exact) mass is 416 g/mol. The number of aromatic nitrogens is 2. The van der Waals surface area contributed by atoms with Crippen LogP contribution in [0.5, 0.6) is 5.88 Å². The molecule has 0 radical (unpaired) electrons. The summed E-state index contributed by atoms with van der Waals surface area (Å²) in [5.74, 6) is 0.139. The van der Waals surface area contributed by atoms with Crippen molar-refractivity contribution in [2.24, 2.45) is 0 Å². The number of carbonyl (C=O) groups excluding carboxylic acids is 1. The van der Waals surface area contributed by atoms with Crippen LogP contribution < -0.4 is 10.1 Å². The van der Waals surface area contributed by atoms with Crippen LogP contribution >= 0.6 is 0 Å². The van der Waals surface area contributed by atoms with Crippen LogP contribution in [0.3, 0.4) is 0 Å². The SMILES string of the molecule is N#Cc1ccc(C(=O)NC2(c3ccc(-c4cnc(OCCF)cn4)cc3)CCC2)cc1. The topological polar surface area (TPSA) is 87.9 Å². The molecule has 0 unspecified atom stereocenters. The summed E-state index contributed by atoms with van der Waals surface area (Å²) < 4.78 is 17.3. The van der Waals surface area contributed by atoms with Gasteiger partial charge in [0.05, 0.1) is 35.3 Å². The minimum absolute atomic E-state index is 0.0427. The minimum atomic E-state index is -0.575. The molecule has 2 aromatic carbocycles. The molecule has 1 heterocycles. The Bertz CT molecular complexity index is 1090. The number of nitriles is 1. The second-order valence-electron chi connectivity index (χ2n) is 7.43. The maximum atomic E-state index is 12.8. The van der Waals surface area contributed by atoms with Gasteiger partial charge in [-0.1, -0.05) is 24.3 Å². The number of ether oxygens (including phenoxy) is 1. The fourth-order valence-electron chi connectivity index (χ4n) is 3.64. The molecule has 0 atom stereocenters. The lowest BCUT2D eigenvalue weighted by molar-refractivity contribution is 0.0823. The van der Waals surface area contributed by atoms with Crippen LogP contribution in [0.15, 0.2) is 60.9 Å². The van der Waals surface area contributed by atoms with E-state index in [2.05, 4.69) is 21.4 Å². The van der Waals surface area contributed by atoms with E-state index in [0.717, 1.165) is 30.4 Å². The van der Waals surface area contributed by atoms with E-state index >= 15 is 0 Å². The summed E-state index contributed by atoms with van der Waals surface area (Å²) in [5.41, 5.74) is 3.28. The molecule has 0 spiro atoms. The highest BCUT2D eigenvalue weighted by molar-refractivity contribution is 5.95. The molecule has 1 aliphatic rings. The van der Waals surface area contributed by atoms with Gasteiger partial charge < -0.3 is 10.1 Å². The number of carbonyl (C=O) groups is 1. The van der Waals surface area contributed by atoms with Gasteiger partial charge in [-0.15, -0.1) is 0 Å². The number of nitrogens with zero attached hydrogens (tertiary/aromatic N) is 3. The van der Waals surface area contributed by atoms with Gasteiger partial charge in [-0.2, -0.15) is 5.26 Å². The molecule has 4 rings (SSSR count). The van der Waals surface area contributed by atoms with Gasteiger partial charge in [0, 0.05) is 11.1 Å². The average Bonchev–Trinajstić information content (AvgIpc) is 2.80. The number of halogens is 1. The largest absolute Gasteiger partial charge is 0.474 e. The molecule has 1 N–H and O–H groups in total. The van der Waals surface area contributed by atoms with Crippen molar-refractivity contribution in [3.05, 3.63) is 77.6 Å². The first-order chi connectivity index (χ1) is 15.1. The molecule has 1 saturated carbocycles. The summed E-state index contributed by atoms with van der Waals surface area (Å²) in [6.45, 7) is -0.618. The molecule has 1 fully saturated rings. The predicted octanol–water partition coefficient (Wildman–Crippen LogP) is 4.17. The van der Waals surface area contributed by atoms with Crippen LogP contribution in [0.1, 0.15) is 40.7 Å². The molecule has 156 valence electrons. The summed E-state index contributed by atoms with van der Waals surface area (Å²) in [6.07, 6.45) is 5.85. The zero-order valence-corrected chi connectivity index (χ0v) is 16.8. The van der Waals surface area contributed by atoms with Gasteiger partial charge in [0.1, 0.15) is 13.3 Å². The van der Waals surface area contributed by atoms with Gasteiger partial charge in [-0.05, 0) is 49.1 Å². The molecule has 1 aliphatic carbocycles. The van der Waals surface area contributed by atoms with Crippen LogP contribution in [0.4, 0.5) is 4.39 Å². The van der Waals surface area contributed by atoms with E-state index in [0.29, 0.717) is 16.8 Å². The van der Waals surface area contributed by atoms with E-state index in [1.165, 1.54) is 6.20 Å². The molecule has 0 saturated heterocycles. The van der Waals surface area contributed by atoms with Crippen LogP contribution in [-0.4, -0.2) is 29.2 Å². The summed E-state index contributed by atoms with van der Waals surface area (Å²) >= 11 is 0. The lowest BCUT2D eigenvalue weighted by Gasteiger charge is -2.43. The maximum absolute atomic E-state index is 12.8. The summed E-state index contributed by atoms with van der Waals surface area (Å²) in [6, 6.07) is 16.6. The Morgan fingerprint density at radius 2 is 1.84 bits per heavy atom. The van der Waals surface area contributed by atoms with E-state index in [1.54, 1.807) is 30.5 Å². The van der Waals surface area contributed by atoms with Crippen LogP contribution in [0.2, 0.25) is 0 Å². The zero-order valence-electron chi connectivity index (χ0n) is 16.8. The Morgan fingerprint density at radius 3 is 2.39 bits per heavy atom. The Morgan fingerprint density at radius 1 is 1.10 bits per heavy atom. The van der Waals surface area contributed by atoms with E-state index < -0.39 is 6.67 Å². The van der Waals surface area contributed by atoms with Crippen molar-refractivity contribution in [3.8, 4) is 23.2 Å². The number of hydrogen-bond donors (Lipinski definition) is 1. The third-order valence-electron chi connectivity index (χ3n) is 5.52. The van der Waals surface area contributed by atoms with Crippen LogP contribution in [0, 0.1) is 11.3 Å². The van der Waals surface area contributed by atoms with Gasteiger partial charge in [0.25, 0.3) is 5.91 Å². The predicted molar refractivity (Wildman–Crippen MR) is 113 cm³/mol. The van der Waals surface area contributed by atoms with Crippen molar-refractivity contribution in [3.63, 3.8) is 0 Å². The Hall–Kier alpha value is -3.79. The highest BCUT2D eigenvalue weighted by atomic mass is 19.1. The second-order valence-corrected chi connectivity index (χ2v) is 7.43. The summed E-state index contributed by atoms with van der Waals surface area (Å²) in [4.78, 5) is 21.2. The van der Waals surface area contributed by atoms with Crippen molar-refractivity contribution >= 4 is 5.91 Å². The normalized spacial score (nSPS) is 14.2. The van der Waals surface area contributed by atoms with Crippen molar-refractivity contribution < 1.29 is 13.9 Å². The smallest absolute Gasteiger partial charge is 0.251 e. The lowest BCUT2D eigenvalue weighted by atomic mass is 9.71. The molecule has 0 bridgehead atoms. The van der Waals surface area contributed by atoms with Crippen molar-refractivity contribution in [2.75, 3.05) is 13.3 Å². The standard InChI is InChI=1S/C24H21FN4O2/c25-12-13-31-22-16-27-21(15-28-22)18-6-8-20(9-7-18)24(10-1-11-24)29-23(30)19-4-2-17(14-26)3-5-19/h2-9,15-16H,1,10-13H2,(H,29,30). The maximum Gasteiger partial charge on any atom is 0.251 e. The molecule has 1 amide bonds. The van der Waals surface area contributed by atoms with E-state index in [1.807, 2.05) is 24.3 Å². The number of alkyl halides is 1. The van der Waals surface area contributed by atoms with E-state index in [4.69, 9.17) is 10.00 Å². The highest BCUT2D eigenvalue weighted by Crippen LogP contribution is 2.42. The van der Waals surface area contributed by atoms with Gasteiger partial charge >= 0.3 is 0 Å². The minimum Gasteiger partial charge on any atom is -0.474 e. The number of rotatable bonds is 7. The molecule has 3 aromatic rings. The average molecular weight is 416 g/mol. The zero-order chi connectivity index (χ0) is 21.7. The first kappa shape index (κ1) is 20.5. The fraction of sp³-hybridized carbons (Fsp3) is 0.250. The number of amides is 1. The van der Waals surface area contributed by atoms with Gasteiger partial charge in [0.2, 0.25) is 5.88 Å². The third kappa shape index (κ3) is 4.38. The van der Waals surface area contributed by atoms with Crippen LogP contribution in [-0.2, 0) is 5.54 Å². The Kier molecular flexibility index (Phi) is 5.89. The number of benzene rings is 2. The highest BCUT2D eigenvalue weighted by Gasteiger charge is 2.40. The molecule has 7 heteroatoms. The molecule has 1 aromatic heterocycles. The molecular weight excluding hydrogens is 395 g/mol. The summed E-state index contributed by atoms with van der Waals surface area (Å²) in [5, 5.41) is 12.1. The van der Waals surface area contributed by atoms with Crippen LogP contribution in [0.25, 0.3) is 11.3 Å². The van der Waals surface area contributed by atoms with Gasteiger partial charge in [-0.25, -0.2) is 14.4 Å². The first-order valence-corrected chi connectivity index (χ1v) is 10.1. The van der Waals surface area contributed by atoms with E-state index in [-0.39, 0.29) is 23.9 Å². The third-order valence-corrected chi connectivity index (χ3v) is 5.52. The Balaban J connectivity index is 1.48. The number of nitrogens with one attached hydrogen (secondary N) is 1. The van der Waals surface area contributed by atoms with Gasteiger partial charge in [-0.3, -0.25) is 4.79 Å². The summed E-state index contributed by atoms with van der Waals surface area (Å²) in [7, 11) is 0. The van der Waals surface area contributed by atoms with Crippen molar-refractivity contribution in [1.82, 2.24) is 15.3 Å². The molecule has 31 heavy (non-hydrogen) atoms. The van der Waals surface area contributed by atoms with Crippen molar-refractivity contribution in [2.45, 2.75) is 24.8 Å². The van der Waals surface area contributed by atoms with Crippen molar-refractivity contribution in [1.29, 1.82) is 5.26 Å². The van der Waals surface area contributed by atoms with Gasteiger partial charge in [0.15, 0.2) is 0 Å². The molecular formula is C24H21FN4O2. The first-order valence-electron chi connectivity index (χ1n) is 10.1. The lowest BCUT2D eigenvalue weighted by Crippen LogP contribution is -2.50. The van der Waals surface area contributed by atoms with E-state index in [9.17, 15) is 9.18 Å². The Labute approximate surface area is 179 Å². The fourth-order valence-corrected chi connectivity index (χ4v) is 3.64. The molecule has 0 aliphatic heterocycles. The second kappa shape index (κ2) is 8.92.